The van der Waals surface area contributed by atoms with Crippen LogP contribution in [0.4, 0.5) is 0 Å². The molecule has 3 rings (SSSR count). The monoisotopic (exact) mass is 236 g/mol. The third-order valence-electron chi connectivity index (χ3n) is 3.26. The molecule has 0 bridgehead atoms. The van der Waals surface area contributed by atoms with Crippen molar-refractivity contribution in [1.29, 1.82) is 0 Å². The molecule has 2 aromatic carbocycles. The van der Waals surface area contributed by atoms with Crippen LogP contribution in [0, 0.1) is 0 Å². The molecule has 1 N–H and O–H groups in total. The molecule has 1 atom stereocenters. The highest BCUT2D eigenvalue weighted by Crippen LogP contribution is 2.29. The quantitative estimate of drug-likeness (QED) is 0.861. The van der Waals surface area contributed by atoms with Gasteiger partial charge in [0.25, 0.3) is 0 Å². The summed E-state index contributed by atoms with van der Waals surface area (Å²) in [4.78, 5) is 0. The first-order valence-electron chi connectivity index (χ1n) is 6.16. The van der Waals surface area contributed by atoms with Gasteiger partial charge < -0.3 is 5.43 Å². The zero-order chi connectivity index (χ0) is 12.4. The molecule has 0 fully saturated rings. The highest BCUT2D eigenvalue weighted by atomic mass is 15.5. The van der Waals surface area contributed by atoms with Gasteiger partial charge in [-0.1, -0.05) is 60.7 Å². The molecule has 90 valence electrons. The summed E-state index contributed by atoms with van der Waals surface area (Å²) < 4.78 is 0. The van der Waals surface area contributed by atoms with Gasteiger partial charge in [-0.3, -0.25) is 0 Å². The summed E-state index contributed by atoms with van der Waals surface area (Å²) >= 11 is 0. The van der Waals surface area contributed by atoms with Crippen molar-refractivity contribution in [3.63, 3.8) is 0 Å². The molecule has 1 aliphatic heterocycles. The lowest BCUT2D eigenvalue weighted by molar-refractivity contribution is 0.261. The topological polar surface area (TPSA) is 15.3 Å². The van der Waals surface area contributed by atoms with E-state index in [0.717, 1.165) is 0 Å². The molecule has 0 radical (unpaired) electrons. The lowest BCUT2D eigenvalue weighted by Gasteiger charge is -2.20. The van der Waals surface area contributed by atoms with Crippen molar-refractivity contribution < 1.29 is 0 Å². The van der Waals surface area contributed by atoms with Gasteiger partial charge in [0, 0.05) is 7.05 Å². The molecular formula is C16H16N2. The number of hydrogen-bond donors (Lipinski definition) is 1. The van der Waals surface area contributed by atoms with Gasteiger partial charge >= 0.3 is 0 Å². The standard InChI is InChI=1S/C16H16N2/c1-18-16(14-10-6-3-7-11-14)12-15(17-18)13-8-4-2-5-9-13/h2-12,16-17H,1H3. The van der Waals surface area contributed by atoms with Gasteiger partial charge in [-0.05, 0) is 17.2 Å². The average molecular weight is 236 g/mol. The van der Waals surface area contributed by atoms with E-state index in [1.807, 2.05) is 12.1 Å². The number of hydrogen-bond acceptors (Lipinski definition) is 2. The van der Waals surface area contributed by atoms with E-state index >= 15 is 0 Å². The Hall–Kier alpha value is -2.06. The Balaban J connectivity index is 1.92. The van der Waals surface area contributed by atoms with E-state index in [4.69, 9.17) is 0 Å². The molecule has 1 unspecified atom stereocenters. The van der Waals surface area contributed by atoms with Crippen molar-refractivity contribution >= 4 is 5.70 Å². The van der Waals surface area contributed by atoms with Gasteiger partial charge in [0.2, 0.25) is 0 Å². The molecule has 2 aromatic rings. The first kappa shape index (κ1) is 11.1. The Morgan fingerprint density at radius 3 is 2.17 bits per heavy atom. The van der Waals surface area contributed by atoms with Crippen LogP contribution in [0.1, 0.15) is 17.2 Å². The highest BCUT2D eigenvalue weighted by Gasteiger charge is 2.22. The third-order valence-corrected chi connectivity index (χ3v) is 3.26. The lowest BCUT2D eigenvalue weighted by atomic mass is 10.1. The second-order valence-electron chi connectivity index (χ2n) is 4.52. The van der Waals surface area contributed by atoms with E-state index < -0.39 is 0 Å². The molecule has 2 heteroatoms. The van der Waals surface area contributed by atoms with Gasteiger partial charge in [0.1, 0.15) is 0 Å². The Labute approximate surface area is 108 Å². The van der Waals surface area contributed by atoms with Gasteiger partial charge in [-0.2, -0.15) is 0 Å². The van der Waals surface area contributed by atoms with Gasteiger partial charge in [0.05, 0.1) is 11.7 Å². The number of rotatable bonds is 2. The van der Waals surface area contributed by atoms with Gasteiger partial charge in [-0.15, -0.1) is 0 Å². The summed E-state index contributed by atoms with van der Waals surface area (Å²) in [5.41, 5.74) is 7.12. The van der Waals surface area contributed by atoms with E-state index in [-0.39, 0.29) is 0 Å². The van der Waals surface area contributed by atoms with Crippen molar-refractivity contribution in [1.82, 2.24) is 10.4 Å². The number of nitrogens with one attached hydrogen (secondary N) is 1. The molecule has 0 amide bonds. The van der Waals surface area contributed by atoms with Crippen LogP contribution in [0.2, 0.25) is 0 Å². The van der Waals surface area contributed by atoms with Crippen LogP contribution >= 0.6 is 0 Å². The summed E-state index contributed by atoms with van der Waals surface area (Å²) in [6.07, 6.45) is 2.27. The van der Waals surface area contributed by atoms with Gasteiger partial charge in [0.15, 0.2) is 0 Å². The van der Waals surface area contributed by atoms with Crippen LogP contribution in [0.5, 0.6) is 0 Å². The molecule has 0 saturated heterocycles. The first-order valence-corrected chi connectivity index (χ1v) is 6.16. The number of hydrazine groups is 1. The minimum absolute atomic E-state index is 0.293. The normalized spacial score (nSPS) is 19.4. The Bertz CT molecular complexity index is 546. The summed E-state index contributed by atoms with van der Waals surface area (Å²) in [7, 11) is 2.07. The fourth-order valence-corrected chi connectivity index (χ4v) is 2.32. The van der Waals surface area contributed by atoms with Crippen molar-refractivity contribution in [2.24, 2.45) is 0 Å². The molecule has 2 nitrogen and oxygen atoms in total. The zero-order valence-electron chi connectivity index (χ0n) is 10.4. The minimum atomic E-state index is 0.293. The van der Waals surface area contributed by atoms with Crippen LogP contribution in [0.3, 0.4) is 0 Å². The van der Waals surface area contributed by atoms with Crippen molar-refractivity contribution in [3.05, 3.63) is 77.9 Å². The lowest BCUT2D eigenvalue weighted by Crippen LogP contribution is -2.29. The molecule has 18 heavy (non-hydrogen) atoms. The summed E-state index contributed by atoms with van der Waals surface area (Å²) in [5, 5.41) is 2.14. The zero-order valence-corrected chi connectivity index (χ0v) is 10.4. The van der Waals surface area contributed by atoms with Crippen molar-refractivity contribution in [2.45, 2.75) is 6.04 Å². The largest absolute Gasteiger partial charge is 0.318 e. The summed E-state index contributed by atoms with van der Waals surface area (Å²) in [6.45, 7) is 0. The summed E-state index contributed by atoms with van der Waals surface area (Å²) in [5.74, 6) is 0. The minimum Gasteiger partial charge on any atom is -0.318 e. The molecule has 0 saturated carbocycles. The third kappa shape index (κ3) is 2.03. The predicted octanol–water partition coefficient (Wildman–Crippen LogP) is 3.22. The second kappa shape index (κ2) is 4.67. The Kier molecular flexibility index (Phi) is 2.87. The maximum Gasteiger partial charge on any atom is 0.0741 e. The average Bonchev–Trinajstić information content (AvgIpc) is 2.83. The van der Waals surface area contributed by atoms with E-state index in [1.54, 1.807) is 0 Å². The molecule has 1 heterocycles. The van der Waals surface area contributed by atoms with E-state index in [1.165, 1.54) is 16.8 Å². The fraction of sp³-hybridized carbons (Fsp3) is 0.125. The van der Waals surface area contributed by atoms with Crippen LogP contribution in [-0.4, -0.2) is 12.1 Å². The number of likely N-dealkylation sites (N-methyl/N-ethyl adjacent to an activating group) is 1. The van der Waals surface area contributed by atoms with Crippen molar-refractivity contribution in [3.8, 4) is 0 Å². The van der Waals surface area contributed by atoms with E-state index in [9.17, 15) is 0 Å². The molecule has 0 spiro atoms. The highest BCUT2D eigenvalue weighted by molar-refractivity contribution is 5.66. The fourth-order valence-electron chi connectivity index (χ4n) is 2.32. The first-order chi connectivity index (χ1) is 8.84. The van der Waals surface area contributed by atoms with Crippen LogP contribution < -0.4 is 5.43 Å². The molecule has 1 aliphatic rings. The van der Waals surface area contributed by atoms with E-state index in [2.05, 4.69) is 72.1 Å². The Morgan fingerprint density at radius 2 is 1.50 bits per heavy atom. The van der Waals surface area contributed by atoms with E-state index in [0.29, 0.717) is 6.04 Å². The smallest absolute Gasteiger partial charge is 0.0741 e. The summed E-state index contributed by atoms with van der Waals surface area (Å²) in [6, 6.07) is 21.2. The second-order valence-corrected chi connectivity index (χ2v) is 4.52. The van der Waals surface area contributed by atoms with Crippen LogP contribution in [0.25, 0.3) is 5.70 Å². The maximum atomic E-state index is 3.41. The predicted molar refractivity (Wildman–Crippen MR) is 74.5 cm³/mol. The maximum absolute atomic E-state index is 3.41. The number of benzene rings is 2. The van der Waals surface area contributed by atoms with Gasteiger partial charge in [-0.25, -0.2) is 5.01 Å². The van der Waals surface area contributed by atoms with Crippen molar-refractivity contribution in [2.75, 3.05) is 7.05 Å². The Morgan fingerprint density at radius 1 is 0.889 bits per heavy atom. The molecule has 0 aromatic heterocycles. The SMILES string of the molecule is CN1NC(c2ccccc2)=CC1c1ccccc1. The molecule has 0 aliphatic carbocycles. The number of nitrogens with zero attached hydrogens (tertiary/aromatic N) is 1. The molecular weight excluding hydrogens is 220 g/mol. The van der Waals surface area contributed by atoms with Crippen LogP contribution in [-0.2, 0) is 0 Å². The van der Waals surface area contributed by atoms with Crippen LogP contribution in [0.15, 0.2) is 66.7 Å².